The van der Waals surface area contributed by atoms with E-state index in [1.807, 2.05) is 0 Å². The molecule has 1 aromatic rings. The highest BCUT2D eigenvalue weighted by Crippen LogP contribution is 2.19. The first-order chi connectivity index (χ1) is 8.58. The molecule has 6 nitrogen and oxygen atoms in total. The normalized spacial score (nSPS) is 20.2. The van der Waals surface area contributed by atoms with Gasteiger partial charge < -0.3 is 15.5 Å². The Hall–Kier alpha value is -1.69. The molecule has 1 fully saturated rings. The average molecular weight is 249 g/mol. The first-order valence-electron chi connectivity index (χ1n) is 6.11. The monoisotopic (exact) mass is 249 g/mol. The molecule has 0 bridgehead atoms. The number of aromatic nitrogens is 2. The van der Waals surface area contributed by atoms with Gasteiger partial charge in [-0.3, -0.25) is 9.78 Å². The molecule has 0 saturated carbocycles. The summed E-state index contributed by atoms with van der Waals surface area (Å²) in [4.78, 5) is 23.8. The van der Waals surface area contributed by atoms with Gasteiger partial charge >= 0.3 is 0 Å². The SMILES string of the molecule is CN(C)[C@H]1CCCN(c2cncc(C(N)=O)n2)C1. The summed E-state index contributed by atoms with van der Waals surface area (Å²) in [5.41, 5.74) is 5.44. The van der Waals surface area contributed by atoms with Crippen LogP contribution < -0.4 is 10.6 Å². The maximum absolute atomic E-state index is 11.1. The Kier molecular flexibility index (Phi) is 3.76. The van der Waals surface area contributed by atoms with Crippen LogP contribution in [-0.4, -0.2) is 54.0 Å². The number of rotatable bonds is 3. The van der Waals surface area contributed by atoms with E-state index >= 15 is 0 Å². The quantitative estimate of drug-likeness (QED) is 0.822. The molecule has 0 aliphatic carbocycles. The minimum atomic E-state index is -0.537. The molecule has 1 atom stereocenters. The highest BCUT2D eigenvalue weighted by molar-refractivity contribution is 5.90. The second kappa shape index (κ2) is 5.30. The molecule has 2 rings (SSSR count). The molecular formula is C12H19N5O. The van der Waals surface area contributed by atoms with E-state index in [0.29, 0.717) is 6.04 Å². The van der Waals surface area contributed by atoms with Crippen molar-refractivity contribution < 1.29 is 4.79 Å². The molecule has 0 aromatic carbocycles. The molecule has 0 spiro atoms. The van der Waals surface area contributed by atoms with Gasteiger partial charge in [0.1, 0.15) is 11.5 Å². The van der Waals surface area contributed by atoms with Gasteiger partial charge in [-0.2, -0.15) is 0 Å². The summed E-state index contributed by atoms with van der Waals surface area (Å²) in [6.45, 7) is 1.85. The lowest BCUT2D eigenvalue weighted by molar-refractivity contribution is 0.0995. The number of nitrogens with two attached hydrogens (primary N) is 1. The zero-order valence-electron chi connectivity index (χ0n) is 10.8. The smallest absolute Gasteiger partial charge is 0.268 e. The lowest BCUT2D eigenvalue weighted by Crippen LogP contribution is -2.45. The van der Waals surface area contributed by atoms with Crippen molar-refractivity contribution in [3.8, 4) is 0 Å². The Balaban J connectivity index is 2.15. The van der Waals surface area contributed by atoms with Gasteiger partial charge in [0.15, 0.2) is 0 Å². The highest BCUT2D eigenvalue weighted by atomic mass is 16.1. The highest BCUT2D eigenvalue weighted by Gasteiger charge is 2.22. The third-order valence-corrected chi connectivity index (χ3v) is 3.33. The van der Waals surface area contributed by atoms with Crippen LogP contribution in [0, 0.1) is 0 Å². The maximum Gasteiger partial charge on any atom is 0.268 e. The van der Waals surface area contributed by atoms with Crippen LogP contribution in [0.3, 0.4) is 0 Å². The van der Waals surface area contributed by atoms with Crippen molar-refractivity contribution in [1.82, 2.24) is 14.9 Å². The van der Waals surface area contributed by atoms with Crippen LogP contribution in [0.5, 0.6) is 0 Å². The summed E-state index contributed by atoms with van der Waals surface area (Å²) in [5.74, 6) is 0.198. The molecule has 2 heterocycles. The van der Waals surface area contributed by atoms with Gasteiger partial charge in [-0.1, -0.05) is 0 Å². The van der Waals surface area contributed by atoms with Gasteiger partial charge in [0, 0.05) is 19.1 Å². The first-order valence-corrected chi connectivity index (χ1v) is 6.11. The van der Waals surface area contributed by atoms with Crippen molar-refractivity contribution in [3.63, 3.8) is 0 Å². The summed E-state index contributed by atoms with van der Waals surface area (Å²) in [6.07, 6.45) is 5.39. The molecule has 0 radical (unpaired) electrons. The van der Waals surface area contributed by atoms with E-state index in [9.17, 15) is 4.79 Å². The van der Waals surface area contributed by atoms with Crippen molar-refractivity contribution in [1.29, 1.82) is 0 Å². The molecule has 98 valence electrons. The second-order valence-electron chi connectivity index (χ2n) is 4.83. The van der Waals surface area contributed by atoms with E-state index in [1.165, 1.54) is 12.6 Å². The number of primary amides is 1. The molecule has 1 aromatic heterocycles. The van der Waals surface area contributed by atoms with E-state index in [0.717, 1.165) is 25.3 Å². The van der Waals surface area contributed by atoms with Gasteiger partial charge in [-0.15, -0.1) is 0 Å². The largest absolute Gasteiger partial charge is 0.364 e. The molecule has 6 heteroatoms. The number of carbonyl (C=O) groups excluding carboxylic acids is 1. The molecule has 2 N–H and O–H groups in total. The summed E-state index contributed by atoms with van der Waals surface area (Å²) < 4.78 is 0. The van der Waals surface area contributed by atoms with Crippen molar-refractivity contribution in [2.75, 3.05) is 32.1 Å². The van der Waals surface area contributed by atoms with Gasteiger partial charge in [-0.25, -0.2) is 4.98 Å². The van der Waals surface area contributed by atoms with E-state index in [2.05, 4.69) is 33.9 Å². The van der Waals surface area contributed by atoms with Crippen molar-refractivity contribution in [3.05, 3.63) is 18.1 Å². The van der Waals surface area contributed by atoms with E-state index < -0.39 is 5.91 Å². The Morgan fingerprint density at radius 3 is 2.94 bits per heavy atom. The lowest BCUT2D eigenvalue weighted by Gasteiger charge is -2.36. The van der Waals surface area contributed by atoms with Gasteiger partial charge in [0.2, 0.25) is 0 Å². The van der Waals surface area contributed by atoms with E-state index in [-0.39, 0.29) is 5.69 Å². The third-order valence-electron chi connectivity index (χ3n) is 3.33. The van der Waals surface area contributed by atoms with Gasteiger partial charge in [0.05, 0.1) is 12.4 Å². The number of likely N-dealkylation sites (N-methyl/N-ethyl adjacent to an activating group) is 1. The van der Waals surface area contributed by atoms with Crippen LogP contribution in [0.25, 0.3) is 0 Å². The Morgan fingerprint density at radius 1 is 1.50 bits per heavy atom. The number of piperidine rings is 1. The summed E-state index contributed by atoms with van der Waals surface area (Å²) in [5, 5.41) is 0. The molecule has 1 aliphatic rings. The Labute approximate surface area is 107 Å². The summed E-state index contributed by atoms with van der Waals surface area (Å²) in [7, 11) is 4.17. The third kappa shape index (κ3) is 2.76. The van der Waals surface area contributed by atoms with Crippen molar-refractivity contribution in [2.45, 2.75) is 18.9 Å². The number of carbonyl (C=O) groups is 1. The van der Waals surface area contributed by atoms with Gasteiger partial charge in [0.25, 0.3) is 5.91 Å². The van der Waals surface area contributed by atoms with E-state index in [4.69, 9.17) is 5.73 Å². The van der Waals surface area contributed by atoms with Crippen molar-refractivity contribution in [2.24, 2.45) is 5.73 Å². The van der Waals surface area contributed by atoms with Gasteiger partial charge in [-0.05, 0) is 26.9 Å². The lowest BCUT2D eigenvalue weighted by atomic mass is 10.1. The summed E-state index contributed by atoms with van der Waals surface area (Å²) >= 11 is 0. The maximum atomic E-state index is 11.1. The number of nitrogens with zero attached hydrogens (tertiary/aromatic N) is 4. The average Bonchev–Trinajstić information content (AvgIpc) is 2.39. The standard InChI is InChI=1S/C12H19N5O/c1-16(2)9-4-3-5-17(8-9)11-7-14-6-10(15-11)12(13)18/h6-7,9H,3-5,8H2,1-2H3,(H2,13,18)/t9-/m0/s1. The van der Waals surface area contributed by atoms with Crippen molar-refractivity contribution >= 4 is 11.7 Å². The fourth-order valence-electron chi connectivity index (χ4n) is 2.21. The fraction of sp³-hybridized carbons (Fsp3) is 0.583. The number of hydrogen-bond donors (Lipinski definition) is 1. The Morgan fingerprint density at radius 2 is 2.28 bits per heavy atom. The predicted molar refractivity (Wildman–Crippen MR) is 69.5 cm³/mol. The topological polar surface area (TPSA) is 75.3 Å². The van der Waals surface area contributed by atoms with Crippen LogP contribution in [0.15, 0.2) is 12.4 Å². The molecule has 1 aliphatic heterocycles. The zero-order valence-corrected chi connectivity index (χ0v) is 10.8. The minimum Gasteiger partial charge on any atom is -0.364 e. The minimum absolute atomic E-state index is 0.222. The number of anilines is 1. The predicted octanol–water partition coefficient (Wildman–Crippen LogP) is 0.106. The van der Waals surface area contributed by atoms with Crippen LogP contribution in [0.1, 0.15) is 23.3 Å². The Bertz CT molecular complexity index is 434. The fourth-order valence-corrected chi connectivity index (χ4v) is 2.21. The molecular weight excluding hydrogens is 230 g/mol. The van der Waals surface area contributed by atoms with E-state index in [1.54, 1.807) is 6.20 Å². The first kappa shape index (κ1) is 12.8. The molecule has 1 amide bonds. The van der Waals surface area contributed by atoms with Crippen LogP contribution >= 0.6 is 0 Å². The van der Waals surface area contributed by atoms with Crippen LogP contribution in [0.4, 0.5) is 5.82 Å². The summed E-state index contributed by atoms with van der Waals surface area (Å²) in [6, 6.07) is 0.512. The molecule has 1 saturated heterocycles. The second-order valence-corrected chi connectivity index (χ2v) is 4.83. The van der Waals surface area contributed by atoms with Crippen LogP contribution in [-0.2, 0) is 0 Å². The van der Waals surface area contributed by atoms with Crippen LogP contribution in [0.2, 0.25) is 0 Å². The number of amides is 1. The zero-order chi connectivity index (χ0) is 13.1. The molecule has 18 heavy (non-hydrogen) atoms. The molecule has 0 unspecified atom stereocenters. The number of hydrogen-bond acceptors (Lipinski definition) is 5.